The molecule has 0 amide bonds. The van der Waals surface area contributed by atoms with Gasteiger partial charge in [-0.05, 0) is 24.6 Å². The Bertz CT molecular complexity index is 323. The molecule has 1 aromatic carbocycles. The minimum absolute atomic E-state index is 0.616. The van der Waals surface area contributed by atoms with Crippen LogP contribution < -0.4 is 4.74 Å². The standard InChI is InChI=1S/C9H12O3S/c1-7-4-5-8(13(10)12-3)6-9(7)11-2/h4-6H,1-3H3. The summed E-state index contributed by atoms with van der Waals surface area (Å²) in [6, 6.07) is 5.33. The summed E-state index contributed by atoms with van der Waals surface area (Å²) in [7, 11) is 2.99. The summed E-state index contributed by atoms with van der Waals surface area (Å²) in [5.41, 5.74) is 1.01. The van der Waals surface area contributed by atoms with E-state index < -0.39 is 11.1 Å². The van der Waals surface area contributed by atoms with Crippen LogP contribution in [0.3, 0.4) is 0 Å². The maximum Gasteiger partial charge on any atom is 0.189 e. The molecule has 0 bridgehead atoms. The molecule has 0 aromatic heterocycles. The summed E-state index contributed by atoms with van der Waals surface area (Å²) >= 11 is -1.39. The van der Waals surface area contributed by atoms with Crippen LogP contribution in [0.4, 0.5) is 0 Å². The Hall–Kier alpha value is -0.870. The third-order valence-electron chi connectivity index (χ3n) is 1.72. The van der Waals surface area contributed by atoms with Gasteiger partial charge in [0.05, 0.1) is 19.1 Å². The van der Waals surface area contributed by atoms with E-state index in [4.69, 9.17) is 8.92 Å². The molecule has 0 N–H and O–H groups in total. The molecule has 0 saturated carbocycles. The highest BCUT2D eigenvalue weighted by Gasteiger charge is 2.05. The van der Waals surface area contributed by atoms with E-state index in [0.29, 0.717) is 4.90 Å². The van der Waals surface area contributed by atoms with Crippen LogP contribution in [-0.4, -0.2) is 18.4 Å². The molecule has 0 aliphatic rings. The molecule has 1 aromatic rings. The van der Waals surface area contributed by atoms with Gasteiger partial charge in [-0.2, -0.15) is 0 Å². The highest BCUT2D eigenvalue weighted by molar-refractivity contribution is 7.80. The smallest absolute Gasteiger partial charge is 0.189 e. The first-order chi connectivity index (χ1) is 6.19. The Kier molecular flexibility index (Phi) is 3.45. The average Bonchev–Trinajstić information content (AvgIpc) is 2.17. The molecule has 3 nitrogen and oxygen atoms in total. The molecule has 0 aliphatic carbocycles. The lowest BCUT2D eigenvalue weighted by atomic mass is 10.2. The maximum absolute atomic E-state index is 11.2. The summed E-state index contributed by atoms with van der Waals surface area (Å²) < 4.78 is 21.0. The van der Waals surface area contributed by atoms with E-state index in [-0.39, 0.29) is 0 Å². The van der Waals surface area contributed by atoms with E-state index in [1.165, 1.54) is 7.11 Å². The van der Waals surface area contributed by atoms with Gasteiger partial charge in [-0.3, -0.25) is 4.18 Å². The Balaban J connectivity index is 3.06. The lowest BCUT2D eigenvalue weighted by molar-refractivity contribution is 0.409. The molecule has 0 spiro atoms. The van der Waals surface area contributed by atoms with Crippen molar-refractivity contribution in [2.24, 2.45) is 0 Å². The van der Waals surface area contributed by atoms with Gasteiger partial charge >= 0.3 is 0 Å². The number of ether oxygens (including phenoxy) is 1. The van der Waals surface area contributed by atoms with Crippen LogP contribution in [0.2, 0.25) is 0 Å². The number of hydrogen-bond donors (Lipinski definition) is 0. The Labute approximate surface area is 80.3 Å². The van der Waals surface area contributed by atoms with Crippen molar-refractivity contribution in [2.45, 2.75) is 11.8 Å². The van der Waals surface area contributed by atoms with E-state index in [9.17, 15) is 4.21 Å². The zero-order chi connectivity index (χ0) is 9.84. The van der Waals surface area contributed by atoms with Gasteiger partial charge < -0.3 is 4.74 Å². The minimum atomic E-state index is -1.39. The molecule has 1 rings (SSSR count). The van der Waals surface area contributed by atoms with E-state index in [2.05, 4.69) is 0 Å². The molecular weight excluding hydrogens is 188 g/mol. The second-order valence-corrected chi connectivity index (χ2v) is 3.81. The summed E-state index contributed by atoms with van der Waals surface area (Å²) in [5, 5.41) is 0. The molecule has 0 heterocycles. The van der Waals surface area contributed by atoms with Crippen molar-refractivity contribution >= 4 is 11.1 Å². The van der Waals surface area contributed by atoms with Crippen LogP contribution in [0.1, 0.15) is 5.56 Å². The van der Waals surface area contributed by atoms with Crippen LogP contribution >= 0.6 is 0 Å². The Morgan fingerprint density at radius 1 is 1.31 bits per heavy atom. The Morgan fingerprint density at radius 3 is 2.54 bits per heavy atom. The largest absolute Gasteiger partial charge is 0.496 e. The van der Waals surface area contributed by atoms with Gasteiger partial charge in [0.2, 0.25) is 0 Å². The lowest BCUT2D eigenvalue weighted by Crippen LogP contribution is -1.95. The van der Waals surface area contributed by atoms with Crippen molar-refractivity contribution in [3.05, 3.63) is 23.8 Å². The van der Waals surface area contributed by atoms with Gasteiger partial charge in [-0.25, -0.2) is 4.21 Å². The molecule has 4 heteroatoms. The van der Waals surface area contributed by atoms with E-state index in [1.54, 1.807) is 19.2 Å². The van der Waals surface area contributed by atoms with Gasteiger partial charge in [-0.1, -0.05) is 6.07 Å². The van der Waals surface area contributed by atoms with Crippen molar-refractivity contribution < 1.29 is 13.1 Å². The summed E-state index contributed by atoms with van der Waals surface area (Å²) in [6.07, 6.45) is 0. The lowest BCUT2D eigenvalue weighted by Gasteiger charge is -2.05. The van der Waals surface area contributed by atoms with Gasteiger partial charge in [0.25, 0.3) is 0 Å². The molecule has 72 valence electrons. The summed E-state index contributed by atoms with van der Waals surface area (Å²) in [5.74, 6) is 0.725. The summed E-state index contributed by atoms with van der Waals surface area (Å²) in [4.78, 5) is 0.616. The van der Waals surface area contributed by atoms with E-state index in [1.807, 2.05) is 13.0 Å². The summed E-state index contributed by atoms with van der Waals surface area (Å²) in [6.45, 7) is 1.93. The van der Waals surface area contributed by atoms with Gasteiger partial charge in [0, 0.05) is 0 Å². The van der Waals surface area contributed by atoms with Crippen molar-refractivity contribution in [3.8, 4) is 5.75 Å². The predicted octanol–water partition coefficient (Wildman–Crippen LogP) is 1.67. The van der Waals surface area contributed by atoms with Crippen molar-refractivity contribution in [1.82, 2.24) is 0 Å². The van der Waals surface area contributed by atoms with E-state index >= 15 is 0 Å². The first-order valence-electron chi connectivity index (χ1n) is 3.80. The van der Waals surface area contributed by atoms with Gasteiger partial charge in [0.15, 0.2) is 11.1 Å². The monoisotopic (exact) mass is 200 g/mol. The Morgan fingerprint density at radius 2 is 2.00 bits per heavy atom. The van der Waals surface area contributed by atoms with Crippen LogP contribution in [0.25, 0.3) is 0 Å². The molecule has 13 heavy (non-hydrogen) atoms. The fourth-order valence-electron chi connectivity index (χ4n) is 1.00. The zero-order valence-electron chi connectivity index (χ0n) is 7.87. The second kappa shape index (κ2) is 4.39. The molecule has 1 atom stereocenters. The van der Waals surface area contributed by atoms with Crippen LogP contribution in [0.5, 0.6) is 5.75 Å². The second-order valence-electron chi connectivity index (χ2n) is 2.53. The maximum atomic E-state index is 11.2. The first kappa shape index (κ1) is 10.2. The van der Waals surface area contributed by atoms with Crippen LogP contribution in [0, 0.1) is 6.92 Å². The van der Waals surface area contributed by atoms with Gasteiger partial charge in [-0.15, -0.1) is 0 Å². The fraction of sp³-hybridized carbons (Fsp3) is 0.333. The van der Waals surface area contributed by atoms with Gasteiger partial charge in [0.1, 0.15) is 5.75 Å². The average molecular weight is 200 g/mol. The SMILES string of the molecule is COc1cc(S(=O)OC)ccc1C. The molecule has 1 unspecified atom stereocenters. The molecular formula is C9H12O3S. The molecule has 0 fully saturated rings. The number of benzene rings is 1. The topological polar surface area (TPSA) is 35.5 Å². The highest BCUT2D eigenvalue weighted by atomic mass is 32.2. The molecule has 0 aliphatic heterocycles. The quantitative estimate of drug-likeness (QED) is 0.744. The van der Waals surface area contributed by atoms with Crippen LogP contribution in [-0.2, 0) is 15.3 Å². The van der Waals surface area contributed by atoms with Crippen molar-refractivity contribution in [2.75, 3.05) is 14.2 Å². The minimum Gasteiger partial charge on any atom is -0.496 e. The number of rotatable bonds is 3. The fourth-order valence-corrected chi connectivity index (χ4v) is 1.58. The third kappa shape index (κ3) is 2.29. The zero-order valence-corrected chi connectivity index (χ0v) is 8.68. The number of aryl methyl sites for hydroxylation is 1. The predicted molar refractivity (Wildman–Crippen MR) is 51.1 cm³/mol. The highest BCUT2D eigenvalue weighted by Crippen LogP contribution is 2.21. The van der Waals surface area contributed by atoms with Crippen LogP contribution in [0.15, 0.2) is 23.1 Å². The number of methoxy groups -OCH3 is 1. The van der Waals surface area contributed by atoms with E-state index in [0.717, 1.165) is 11.3 Å². The number of hydrogen-bond acceptors (Lipinski definition) is 3. The molecule has 0 saturated heterocycles. The third-order valence-corrected chi connectivity index (χ3v) is 2.66. The first-order valence-corrected chi connectivity index (χ1v) is 4.87. The van der Waals surface area contributed by atoms with Crippen molar-refractivity contribution in [3.63, 3.8) is 0 Å². The normalized spacial score (nSPS) is 12.5. The molecule has 0 radical (unpaired) electrons. The van der Waals surface area contributed by atoms with Crippen molar-refractivity contribution in [1.29, 1.82) is 0 Å².